The number of amides is 2. The number of anilines is 1. The average molecular weight is 356 g/mol. The van der Waals surface area contributed by atoms with Crippen molar-refractivity contribution >= 4 is 17.8 Å². The lowest BCUT2D eigenvalue weighted by Crippen LogP contribution is -2.44. The molecule has 138 valence electrons. The van der Waals surface area contributed by atoms with E-state index in [0.29, 0.717) is 30.5 Å². The molecule has 0 radical (unpaired) electrons. The summed E-state index contributed by atoms with van der Waals surface area (Å²) in [6.45, 7) is 1.23. The van der Waals surface area contributed by atoms with Crippen LogP contribution in [0.25, 0.3) is 0 Å². The molecule has 1 aromatic heterocycles. The van der Waals surface area contributed by atoms with E-state index >= 15 is 0 Å². The third kappa shape index (κ3) is 2.36. The molecule has 26 heavy (non-hydrogen) atoms. The van der Waals surface area contributed by atoms with E-state index < -0.39 is 5.91 Å². The van der Waals surface area contributed by atoms with Gasteiger partial charge in [0.05, 0.1) is 18.2 Å². The van der Waals surface area contributed by atoms with Crippen LogP contribution in [0.3, 0.4) is 0 Å². The normalized spacial score (nSPS) is 27.8. The Balaban J connectivity index is 1.45. The number of hydrogen-bond acceptors (Lipinski definition) is 5. The SMILES string of the molecule is NC(=O)c1cc2c(nc1N1C[C@H]3OC(=O)N(C4CCCC4)[C@H]3C1)CCC2. The molecule has 0 unspecified atom stereocenters. The van der Waals surface area contributed by atoms with Crippen LogP contribution in [-0.4, -0.2) is 53.2 Å². The van der Waals surface area contributed by atoms with E-state index in [1.54, 1.807) is 0 Å². The second-order valence-electron chi connectivity index (χ2n) is 7.92. The summed E-state index contributed by atoms with van der Waals surface area (Å²) in [5.41, 5.74) is 8.35. The largest absolute Gasteiger partial charge is 0.442 e. The number of nitrogens with two attached hydrogens (primary N) is 1. The second-order valence-corrected chi connectivity index (χ2v) is 7.92. The highest BCUT2D eigenvalue weighted by atomic mass is 16.6. The van der Waals surface area contributed by atoms with Gasteiger partial charge in [-0.15, -0.1) is 0 Å². The zero-order chi connectivity index (χ0) is 17.8. The van der Waals surface area contributed by atoms with Gasteiger partial charge < -0.3 is 15.4 Å². The smallest absolute Gasteiger partial charge is 0.410 e. The molecule has 0 aromatic carbocycles. The highest BCUT2D eigenvalue weighted by molar-refractivity contribution is 5.98. The van der Waals surface area contributed by atoms with E-state index in [0.717, 1.165) is 43.4 Å². The summed E-state index contributed by atoms with van der Waals surface area (Å²) >= 11 is 0. The summed E-state index contributed by atoms with van der Waals surface area (Å²) < 4.78 is 5.66. The van der Waals surface area contributed by atoms with Gasteiger partial charge in [-0.05, 0) is 43.7 Å². The van der Waals surface area contributed by atoms with Crippen LogP contribution in [0.4, 0.5) is 10.6 Å². The first kappa shape index (κ1) is 15.9. The fraction of sp³-hybridized carbons (Fsp3) is 0.632. The molecule has 0 bridgehead atoms. The molecule has 2 saturated heterocycles. The molecule has 7 heteroatoms. The Morgan fingerprint density at radius 2 is 2.00 bits per heavy atom. The maximum Gasteiger partial charge on any atom is 0.410 e. The van der Waals surface area contributed by atoms with Crippen LogP contribution in [0.2, 0.25) is 0 Å². The molecule has 3 fully saturated rings. The molecule has 2 amide bonds. The van der Waals surface area contributed by atoms with Crippen LogP contribution in [0, 0.1) is 0 Å². The van der Waals surface area contributed by atoms with Gasteiger partial charge in [-0.2, -0.15) is 0 Å². The predicted molar refractivity (Wildman–Crippen MR) is 95.1 cm³/mol. The third-order valence-electron chi connectivity index (χ3n) is 6.37. The van der Waals surface area contributed by atoms with Gasteiger partial charge in [0.25, 0.3) is 5.91 Å². The first-order valence-corrected chi connectivity index (χ1v) is 9.68. The number of pyridine rings is 1. The van der Waals surface area contributed by atoms with Crippen LogP contribution in [-0.2, 0) is 17.6 Å². The molecule has 2 aliphatic carbocycles. The van der Waals surface area contributed by atoms with Crippen LogP contribution in [0.15, 0.2) is 6.07 Å². The van der Waals surface area contributed by atoms with Gasteiger partial charge in [0.15, 0.2) is 0 Å². The van der Waals surface area contributed by atoms with Crippen molar-refractivity contribution in [3.63, 3.8) is 0 Å². The fourth-order valence-corrected chi connectivity index (χ4v) is 5.12. The van der Waals surface area contributed by atoms with Crippen molar-refractivity contribution in [2.45, 2.75) is 63.1 Å². The van der Waals surface area contributed by atoms with Gasteiger partial charge in [0.1, 0.15) is 11.9 Å². The quantitative estimate of drug-likeness (QED) is 0.889. The molecule has 2 N–H and O–H groups in total. The Morgan fingerprint density at radius 1 is 1.19 bits per heavy atom. The molecule has 0 spiro atoms. The standard InChI is InChI=1S/C19H24N4O3/c20-17(24)13-8-11-4-3-7-14(11)21-18(13)22-9-15-16(10-22)26-19(25)23(15)12-5-1-2-6-12/h8,12,15-16H,1-7,9-10H2,(H2,20,24)/t15-,16+/m0/s1. The Labute approximate surface area is 152 Å². The van der Waals surface area contributed by atoms with E-state index in [2.05, 4.69) is 4.90 Å². The molecule has 4 aliphatic rings. The van der Waals surface area contributed by atoms with Crippen LogP contribution in [0.5, 0.6) is 0 Å². The number of carbonyl (C=O) groups excluding carboxylic acids is 2. The maximum absolute atomic E-state index is 12.3. The Bertz CT molecular complexity index is 774. The maximum atomic E-state index is 12.3. The van der Waals surface area contributed by atoms with Gasteiger partial charge in [0, 0.05) is 18.3 Å². The summed E-state index contributed by atoms with van der Waals surface area (Å²) in [7, 11) is 0. The lowest BCUT2D eigenvalue weighted by Gasteiger charge is -2.28. The van der Waals surface area contributed by atoms with Crippen molar-refractivity contribution in [2.24, 2.45) is 5.73 Å². The minimum atomic E-state index is -0.441. The van der Waals surface area contributed by atoms with Crippen molar-refractivity contribution in [2.75, 3.05) is 18.0 Å². The summed E-state index contributed by atoms with van der Waals surface area (Å²) in [5, 5.41) is 0. The number of hydrogen-bond donors (Lipinski definition) is 1. The average Bonchev–Trinajstić information content (AvgIpc) is 3.36. The number of aromatic nitrogens is 1. The van der Waals surface area contributed by atoms with Crippen LogP contribution < -0.4 is 10.6 Å². The minimum absolute atomic E-state index is 0.0429. The van der Waals surface area contributed by atoms with E-state index in [1.807, 2.05) is 11.0 Å². The zero-order valence-electron chi connectivity index (χ0n) is 14.8. The molecule has 3 heterocycles. The summed E-state index contributed by atoms with van der Waals surface area (Å²) in [4.78, 5) is 33.2. The Morgan fingerprint density at radius 3 is 2.77 bits per heavy atom. The summed E-state index contributed by atoms with van der Waals surface area (Å²) in [6.07, 6.45) is 7.11. The second kappa shape index (κ2) is 5.86. The minimum Gasteiger partial charge on any atom is -0.442 e. The monoisotopic (exact) mass is 356 g/mol. The predicted octanol–water partition coefficient (Wildman–Crippen LogP) is 1.62. The highest BCUT2D eigenvalue weighted by Gasteiger charge is 2.51. The Hall–Kier alpha value is -2.31. The first-order valence-electron chi connectivity index (χ1n) is 9.68. The zero-order valence-corrected chi connectivity index (χ0v) is 14.8. The van der Waals surface area contributed by atoms with E-state index in [-0.39, 0.29) is 18.2 Å². The molecule has 7 nitrogen and oxygen atoms in total. The first-order chi connectivity index (χ1) is 12.6. The van der Waals surface area contributed by atoms with E-state index in [4.69, 9.17) is 15.5 Å². The van der Waals surface area contributed by atoms with Crippen LogP contribution >= 0.6 is 0 Å². The van der Waals surface area contributed by atoms with E-state index in [1.165, 1.54) is 12.8 Å². The van der Waals surface area contributed by atoms with Gasteiger partial charge in [-0.25, -0.2) is 9.78 Å². The topological polar surface area (TPSA) is 88.8 Å². The van der Waals surface area contributed by atoms with Gasteiger partial charge in [-0.3, -0.25) is 9.69 Å². The molecule has 1 aromatic rings. The van der Waals surface area contributed by atoms with Gasteiger partial charge in [-0.1, -0.05) is 12.8 Å². The van der Waals surface area contributed by atoms with Crippen molar-refractivity contribution in [3.8, 4) is 0 Å². The highest BCUT2D eigenvalue weighted by Crippen LogP contribution is 2.37. The number of fused-ring (bicyclic) bond motifs is 2. The molecular formula is C19H24N4O3. The third-order valence-corrected chi connectivity index (χ3v) is 6.37. The lowest BCUT2D eigenvalue weighted by molar-refractivity contribution is 0.0999. The molecule has 2 aliphatic heterocycles. The summed E-state index contributed by atoms with van der Waals surface area (Å²) in [6, 6.07) is 2.25. The van der Waals surface area contributed by atoms with E-state index in [9.17, 15) is 9.59 Å². The number of nitrogens with zero attached hydrogens (tertiary/aromatic N) is 3. The summed E-state index contributed by atoms with van der Waals surface area (Å²) in [5.74, 6) is 0.221. The Kier molecular flexibility index (Phi) is 3.58. The lowest BCUT2D eigenvalue weighted by atomic mass is 10.1. The van der Waals surface area contributed by atoms with Crippen molar-refractivity contribution in [3.05, 3.63) is 22.9 Å². The van der Waals surface area contributed by atoms with Crippen molar-refractivity contribution in [1.29, 1.82) is 0 Å². The van der Waals surface area contributed by atoms with Gasteiger partial charge in [0.2, 0.25) is 0 Å². The number of aryl methyl sites for hydroxylation is 2. The molecule has 1 saturated carbocycles. The molecular weight excluding hydrogens is 332 g/mol. The van der Waals surface area contributed by atoms with Crippen molar-refractivity contribution in [1.82, 2.24) is 9.88 Å². The van der Waals surface area contributed by atoms with Crippen LogP contribution in [0.1, 0.15) is 53.7 Å². The number of ether oxygens (including phenoxy) is 1. The molecule has 5 rings (SSSR count). The number of carbonyl (C=O) groups is 2. The fourth-order valence-electron chi connectivity index (χ4n) is 5.12. The molecule has 2 atom stereocenters. The van der Waals surface area contributed by atoms with Gasteiger partial charge >= 0.3 is 6.09 Å². The number of primary amides is 1. The number of rotatable bonds is 3. The van der Waals surface area contributed by atoms with Crippen molar-refractivity contribution < 1.29 is 14.3 Å².